The Morgan fingerprint density at radius 3 is 2.44 bits per heavy atom. The Balaban J connectivity index is 1.86. The van der Waals surface area contributed by atoms with Gasteiger partial charge in [0, 0.05) is 59.4 Å². The van der Waals surface area contributed by atoms with Gasteiger partial charge in [0.1, 0.15) is 0 Å². The largest absolute Gasteiger partial charge is 0.343 e. The molecule has 2 saturated heterocycles. The molecule has 0 aliphatic carbocycles. The van der Waals surface area contributed by atoms with E-state index in [0.717, 1.165) is 52.4 Å². The second-order valence-corrected chi connectivity index (χ2v) is 5.86. The SMILES string of the molecule is CN1CCN(CCN2CCNCC2)C(C)(C)C1=O. The van der Waals surface area contributed by atoms with Crippen LogP contribution in [-0.4, -0.2) is 85.6 Å². The smallest absolute Gasteiger partial charge is 0.242 e. The molecule has 0 aromatic carbocycles. The first-order valence-electron chi connectivity index (χ1n) is 6.95. The molecule has 2 heterocycles. The predicted octanol–water partition coefficient (Wildman–Crippen LogP) is -0.556. The third kappa shape index (κ3) is 2.84. The van der Waals surface area contributed by atoms with Crippen molar-refractivity contribution >= 4 is 5.91 Å². The number of hydrogen-bond acceptors (Lipinski definition) is 4. The Morgan fingerprint density at radius 1 is 1.11 bits per heavy atom. The minimum absolute atomic E-state index is 0.245. The molecule has 0 bridgehead atoms. The number of carbonyl (C=O) groups is 1. The average Bonchev–Trinajstić information content (AvgIpc) is 2.37. The molecule has 2 fully saturated rings. The summed E-state index contributed by atoms with van der Waals surface area (Å²) < 4.78 is 0. The van der Waals surface area contributed by atoms with Crippen LogP contribution in [-0.2, 0) is 4.79 Å². The molecule has 2 rings (SSSR count). The van der Waals surface area contributed by atoms with Gasteiger partial charge in [-0.3, -0.25) is 14.6 Å². The van der Waals surface area contributed by atoms with Crippen LogP contribution in [0.1, 0.15) is 13.8 Å². The van der Waals surface area contributed by atoms with Gasteiger partial charge in [-0.2, -0.15) is 0 Å². The van der Waals surface area contributed by atoms with Crippen LogP contribution < -0.4 is 5.32 Å². The van der Waals surface area contributed by atoms with Crippen LogP contribution in [0.25, 0.3) is 0 Å². The molecule has 0 spiro atoms. The first-order valence-corrected chi connectivity index (χ1v) is 6.95. The summed E-state index contributed by atoms with van der Waals surface area (Å²) in [5.74, 6) is 0.245. The number of likely N-dealkylation sites (N-methyl/N-ethyl adjacent to an activating group) is 1. The van der Waals surface area contributed by atoms with Crippen LogP contribution in [0.5, 0.6) is 0 Å². The zero-order valence-corrected chi connectivity index (χ0v) is 11.9. The zero-order valence-electron chi connectivity index (χ0n) is 11.9. The minimum atomic E-state index is -0.346. The van der Waals surface area contributed by atoms with Crippen molar-refractivity contribution in [1.82, 2.24) is 20.0 Å². The molecule has 0 aromatic heterocycles. The molecule has 0 saturated carbocycles. The Hall–Kier alpha value is -0.650. The first-order chi connectivity index (χ1) is 8.51. The van der Waals surface area contributed by atoms with Gasteiger partial charge in [-0.25, -0.2) is 0 Å². The Labute approximate surface area is 110 Å². The van der Waals surface area contributed by atoms with Gasteiger partial charge in [-0.05, 0) is 13.8 Å². The fraction of sp³-hybridized carbons (Fsp3) is 0.923. The van der Waals surface area contributed by atoms with Crippen molar-refractivity contribution < 1.29 is 4.79 Å². The Bertz CT molecular complexity index is 299. The van der Waals surface area contributed by atoms with Gasteiger partial charge < -0.3 is 10.2 Å². The molecule has 104 valence electrons. The van der Waals surface area contributed by atoms with Crippen molar-refractivity contribution in [3.8, 4) is 0 Å². The molecule has 1 amide bonds. The number of hydrogen-bond donors (Lipinski definition) is 1. The molecule has 18 heavy (non-hydrogen) atoms. The maximum Gasteiger partial charge on any atom is 0.242 e. The molecule has 5 heteroatoms. The molecular formula is C13H26N4O. The lowest BCUT2D eigenvalue weighted by Gasteiger charge is -2.45. The van der Waals surface area contributed by atoms with E-state index >= 15 is 0 Å². The highest BCUT2D eigenvalue weighted by atomic mass is 16.2. The summed E-state index contributed by atoms with van der Waals surface area (Å²) in [5, 5.41) is 3.37. The van der Waals surface area contributed by atoms with E-state index in [1.54, 1.807) is 0 Å². The fourth-order valence-electron chi connectivity index (χ4n) is 2.84. The summed E-state index contributed by atoms with van der Waals surface area (Å²) in [6, 6.07) is 0. The lowest BCUT2D eigenvalue weighted by Crippen LogP contribution is -2.63. The third-order valence-electron chi connectivity index (χ3n) is 4.26. The van der Waals surface area contributed by atoms with Crippen LogP contribution in [0.4, 0.5) is 0 Å². The van der Waals surface area contributed by atoms with Crippen LogP contribution in [0.2, 0.25) is 0 Å². The number of rotatable bonds is 3. The zero-order chi connectivity index (χ0) is 13.2. The number of piperazine rings is 2. The van der Waals surface area contributed by atoms with E-state index in [2.05, 4.69) is 15.1 Å². The highest BCUT2D eigenvalue weighted by Gasteiger charge is 2.40. The molecule has 5 nitrogen and oxygen atoms in total. The third-order valence-corrected chi connectivity index (χ3v) is 4.26. The molecular weight excluding hydrogens is 228 g/mol. The van der Waals surface area contributed by atoms with E-state index in [-0.39, 0.29) is 11.4 Å². The lowest BCUT2D eigenvalue weighted by atomic mass is 9.98. The molecule has 0 unspecified atom stereocenters. The summed E-state index contributed by atoms with van der Waals surface area (Å²) >= 11 is 0. The Kier molecular flexibility index (Phi) is 4.25. The van der Waals surface area contributed by atoms with Crippen LogP contribution >= 0.6 is 0 Å². The van der Waals surface area contributed by atoms with Gasteiger partial charge in [0.05, 0.1) is 5.54 Å². The standard InChI is InChI=1S/C13H26N4O/c1-13(2)12(18)15(3)8-10-17(13)11-9-16-6-4-14-5-7-16/h14H,4-11H2,1-3H3. The van der Waals surface area contributed by atoms with Crippen molar-refractivity contribution in [1.29, 1.82) is 0 Å². The van der Waals surface area contributed by atoms with Gasteiger partial charge in [-0.15, -0.1) is 0 Å². The van der Waals surface area contributed by atoms with Crippen LogP contribution in [0, 0.1) is 0 Å². The van der Waals surface area contributed by atoms with E-state index in [0.29, 0.717) is 0 Å². The van der Waals surface area contributed by atoms with Gasteiger partial charge in [0.25, 0.3) is 0 Å². The van der Waals surface area contributed by atoms with E-state index in [1.165, 1.54) is 0 Å². The second-order valence-electron chi connectivity index (χ2n) is 5.86. The maximum absolute atomic E-state index is 12.2. The molecule has 1 N–H and O–H groups in total. The van der Waals surface area contributed by atoms with Gasteiger partial charge in [0.15, 0.2) is 0 Å². The summed E-state index contributed by atoms with van der Waals surface area (Å²) in [5.41, 5.74) is -0.346. The average molecular weight is 254 g/mol. The quantitative estimate of drug-likeness (QED) is 0.733. The summed E-state index contributed by atoms with van der Waals surface area (Å²) in [7, 11) is 1.90. The van der Waals surface area contributed by atoms with Crippen molar-refractivity contribution in [2.45, 2.75) is 19.4 Å². The summed E-state index contributed by atoms with van der Waals surface area (Å²) in [4.78, 5) is 18.8. The maximum atomic E-state index is 12.2. The highest BCUT2D eigenvalue weighted by Crippen LogP contribution is 2.21. The lowest BCUT2D eigenvalue weighted by molar-refractivity contribution is -0.147. The van der Waals surface area contributed by atoms with Crippen LogP contribution in [0.15, 0.2) is 0 Å². The number of nitrogens with one attached hydrogen (secondary N) is 1. The number of carbonyl (C=O) groups excluding carboxylic acids is 1. The topological polar surface area (TPSA) is 38.8 Å². The van der Waals surface area contributed by atoms with Crippen LogP contribution in [0.3, 0.4) is 0 Å². The molecule has 2 aliphatic heterocycles. The fourth-order valence-corrected chi connectivity index (χ4v) is 2.84. The summed E-state index contributed by atoms with van der Waals surface area (Å²) in [6.45, 7) is 12.4. The molecule has 2 aliphatic rings. The number of amides is 1. The monoisotopic (exact) mass is 254 g/mol. The van der Waals surface area contributed by atoms with E-state index < -0.39 is 0 Å². The van der Waals surface area contributed by atoms with Crippen molar-refractivity contribution in [3.05, 3.63) is 0 Å². The normalized spacial score (nSPS) is 26.6. The second kappa shape index (κ2) is 5.55. The summed E-state index contributed by atoms with van der Waals surface area (Å²) in [6.07, 6.45) is 0. The molecule has 0 atom stereocenters. The van der Waals surface area contributed by atoms with Gasteiger partial charge in [0.2, 0.25) is 5.91 Å². The van der Waals surface area contributed by atoms with Crippen molar-refractivity contribution in [3.63, 3.8) is 0 Å². The first kappa shape index (κ1) is 13.8. The minimum Gasteiger partial charge on any atom is -0.343 e. The predicted molar refractivity (Wildman–Crippen MR) is 72.6 cm³/mol. The van der Waals surface area contributed by atoms with Gasteiger partial charge >= 0.3 is 0 Å². The van der Waals surface area contributed by atoms with E-state index in [9.17, 15) is 4.79 Å². The van der Waals surface area contributed by atoms with Crippen molar-refractivity contribution in [2.75, 3.05) is 59.4 Å². The molecule has 0 radical (unpaired) electrons. The van der Waals surface area contributed by atoms with E-state index in [1.807, 2.05) is 25.8 Å². The molecule has 0 aromatic rings. The van der Waals surface area contributed by atoms with Gasteiger partial charge in [-0.1, -0.05) is 0 Å². The Morgan fingerprint density at radius 2 is 1.78 bits per heavy atom. The number of nitrogens with zero attached hydrogens (tertiary/aromatic N) is 3. The highest BCUT2D eigenvalue weighted by molar-refractivity contribution is 5.86. The van der Waals surface area contributed by atoms with Crippen molar-refractivity contribution in [2.24, 2.45) is 0 Å². The van der Waals surface area contributed by atoms with E-state index in [4.69, 9.17) is 0 Å².